The Morgan fingerprint density at radius 1 is 0.914 bits per heavy atom. The first-order chi connectivity index (χ1) is 16.6. The molecule has 0 aliphatic heterocycles. The Morgan fingerprint density at radius 2 is 1.54 bits per heavy atom. The molecule has 5 nitrogen and oxygen atoms in total. The van der Waals surface area contributed by atoms with Gasteiger partial charge in [0.05, 0.1) is 5.92 Å². The van der Waals surface area contributed by atoms with Gasteiger partial charge in [-0.15, -0.1) is 13.2 Å². The molecule has 3 aromatic rings. The molecule has 2 atom stereocenters. The Labute approximate surface area is 209 Å². The van der Waals surface area contributed by atoms with E-state index in [1.807, 2.05) is 18.2 Å². The molecule has 0 N–H and O–H groups in total. The van der Waals surface area contributed by atoms with Crippen LogP contribution in [0, 0.1) is 17.2 Å². The van der Waals surface area contributed by atoms with E-state index in [1.54, 1.807) is 50.2 Å². The summed E-state index contributed by atoms with van der Waals surface area (Å²) in [6.07, 6.45) is -6.02. The van der Waals surface area contributed by atoms with Gasteiger partial charge in [0.25, 0.3) is 0 Å². The van der Waals surface area contributed by atoms with Crippen LogP contribution in [0.3, 0.4) is 0 Å². The zero-order valence-corrected chi connectivity index (χ0v) is 20.3. The van der Waals surface area contributed by atoms with Gasteiger partial charge in [0.15, 0.2) is 0 Å². The number of nitriles is 1. The van der Waals surface area contributed by atoms with E-state index in [1.165, 1.54) is 12.1 Å². The van der Waals surface area contributed by atoms with Gasteiger partial charge >= 0.3 is 12.3 Å². The van der Waals surface area contributed by atoms with Crippen molar-refractivity contribution in [2.24, 2.45) is 5.92 Å². The average Bonchev–Trinajstić information content (AvgIpc) is 2.79. The molecule has 3 rings (SSSR count). The average molecular weight is 548 g/mol. The number of hydrogen-bond acceptors (Lipinski definition) is 5. The highest BCUT2D eigenvalue weighted by atomic mass is 79.9. The molecule has 0 bridgehead atoms. The SMILES string of the molecule is CC(C)C(C(=O)OC(C#N)c1cccc(Oc2ccc(Br)cc2)c1)c1ccc(OC(F)(F)F)cc1. The summed E-state index contributed by atoms with van der Waals surface area (Å²) in [4.78, 5) is 13.0. The Balaban J connectivity index is 1.76. The lowest BCUT2D eigenvalue weighted by Gasteiger charge is -2.22. The summed E-state index contributed by atoms with van der Waals surface area (Å²) >= 11 is 3.36. The second-order valence-electron chi connectivity index (χ2n) is 7.91. The molecular weight excluding hydrogens is 527 g/mol. The predicted octanol–water partition coefficient (Wildman–Crippen LogP) is 7.69. The smallest absolute Gasteiger partial charge is 0.457 e. The largest absolute Gasteiger partial charge is 0.573 e. The molecular formula is C26H21BrF3NO4. The molecule has 9 heteroatoms. The second kappa shape index (κ2) is 11.3. The molecule has 182 valence electrons. The van der Waals surface area contributed by atoms with E-state index >= 15 is 0 Å². The third kappa shape index (κ3) is 7.49. The van der Waals surface area contributed by atoms with E-state index < -0.39 is 30.1 Å². The number of carbonyl (C=O) groups excluding carboxylic acids is 1. The summed E-state index contributed by atoms with van der Waals surface area (Å²) in [6, 6.07) is 20.8. The van der Waals surface area contributed by atoms with Crippen molar-refractivity contribution < 1.29 is 32.2 Å². The van der Waals surface area contributed by atoms with Crippen LogP contribution in [-0.2, 0) is 9.53 Å². The van der Waals surface area contributed by atoms with Crippen LogP contribution < -0.4 is 9.47 Å². The highest BCUT2D eigenvalue weighted by molar-refractivity contribution is 9.10. The van der Waals surface area contributed by atoms with Crippen LogP contribution in [0.25, 0.3) is 0 Å². The predicted molar refractivity (Wildman–Crippen MR) is 126 cm³/mol. The normalized spacial score (nSPS) is 13.0. The first kappa shape index (κ1) is 26.1. The fourth-order valence-corrected chi connectivity index (χ4v) is 3.67. The lowest BCUT2D eigenvalue weighted by molar-refractivity contribution is -0.274. The summed E-state index contributed by atoms with van der Waals surface area (Å²) in [5, 5.41) is 9.68. The van der Waals surface area contributed by atoms with Gasteiger partial charge in [0.1, 0.15) is 23.3 Å². The number of hydrogen-bond donors (Lipinski definition) is 0. The fraction of sp³-hybridized carbons (Fsp3) is 0.231. The molecule has 0 spiro atoms. The molecule has 0 aromatic heterocycles. The third-order valence-corrected chi connectivity index (χ3v) is 5.48. The number of ether oxygens (including phenoxy) is 3. The fourth-order valence-electron chi connectivity index (χ4n) is 3.41. The molecule has 0 aliphatic carbocycles. The molecule has 3 aromatic carbocycles. The number of nitrogens with zero attached hydrogens (tertiary/aromatic N) is 1. The number of benzene rings is 3. The van der Waals surface area contributed by atoms with Crippen molar-refractivity contribution in [1.29, 1.82) is 5.26 Å². The zero-order chi connectivity index (χ0) is 25.6. The summed E-state index contributed by atoms with van der Waals surface area (Å²) in [5.74, 6) is -1.06. The second-order valence-corrected chi connectivity index (χ2v) is 8.83. The van der Waals surface area contributed by atoms with Crippen molar-refractivity contribution in [3.05, 3.63) is 88.4 Å². The van der Waals surface area contributed by atoms with E-state index in [-0.39, 0.29) is 5.92 Å². The Hall–Kier alpha value is -3.51. The molecule has 0 heterocycles. The van der Waals surface area contributed by atoms with Gasteiger partial charge in [0, 0.05) is 10.0 Å². The van der Waals surface area contributed by atoms with E-state index in [0.29, 0.717) is 22.6 Å². The van der Waals surface area contributed by atoms with Crippen molar-refractivity contribution in [2.75, 3.05) is 0 Å². The van der Waals surface area contributed by atoms with Crippen molar-refractivity contribution in [3.63, 3.8) is 0 Å². The minimum absolute atomic E-state index is 0.247. The van der Waals surface area contributed by atoms with Gasteiger partial charge in [-0.25, -0.2) is 0 Å². The molecule has 0 amide bonds. The number of rotatable bonds is 8. The summed E-state index contributed by atoms with van der Waals surface area (Å²) in [5.41, 5.74) is 0.871. The standard InChI is InChI=1S/C26H21BrF3NO4/c1-16(2)24(17-6-10-21(11-7-17)35-26(28,29)30)25(32)34-23(15-31)18-4-3-5-22(14-18)33-20-12-8-19(27)9-13-20/h3-14,16,23-24H,1-2H3. The Morgan fingerprint density at radius 3 is 2.11 bits per heavy atom. The Bertz CT molecular complexity index is 1190. The van der Waals surface area contributed by atoms with Gasteiger partial charge in [0.2, 0.25) is 6.10 Å². The zero-order valence-electron chi connectivity index (χ0n) is 18.8. The molecule has 0 aliphatic rings. The minimum atomic E-state index is -4.81. The van der Waals surface area contributed by atoms with Crippen LogP contribution >= 0.6 is 15.9 Å². The minimum Gasteiger partial charge on any atom is -0.457 e. The summed E-state index contributed by atoms with van der Waals surface area (Å²) in [7, 11) is 0. The van der Waals surface area contributed by atoms with Crippen LogP contribution in [0.15, 0.2) is 77.3 Å². The number of carbonyl (C=O) groups is 1. The van der Waals surface area contributed by atoms with Gasteiger partial charge < -0.3 is 14.2 Å². The van der Waals surface area contributed by atoms with Crippen molar-refractivity contribution in [1.82, 2.24) is 0 Å². The van der Waals surface area contributed by atoms with Crippen molar-refractivity contribution in [2.45, 2.75) is 32.2 Å². The first-order valence-electron chi connectivity index (χ1n) is 10.5. The van der Waals surface area contributed by atoms with Gasteiger partial charge in [-0.3, -0.25) is 4.79 Å². The van der Waals surface area contributed by atoms with Crippen LogP contribution in [0.4, 0.5) is 13.2 Å². The highest BCUT2D eigenvalue weighted by Gasteiger charge is 2.32. The topological polar surface area (TPSA) is 68.6 Å². The first-order valence-corrected chi connectivity index (χ1v) is 11.3. The van der Waals surface area contributed by atoms with Crippen molar-refractivity contribution in [3.8, 4) is 23.3 Å². The maximum Gasteiger partial charge on any atom is 0.573 e. The molecule has 0 saturated carbocycles. The van der Waals surface area contributed by atoms with Crippen LogP contribution in [0.1, 0.15) is 37.0 Å². The van der Waals surface area contributed by atoms with Crippen LogP contribution in [0.2, 0.25) is 0 Å². The summed E-state index contributed by atoms with van der Waals surface area (Å²) < 4.78 is 53.4. The van der Waals surface area contributed by atoms with E-state index in [0.717, 1.165) is 16.6 Å². The highest BCUT2D eigenvalue weighted by Crippen LogP contribution is 2.32. The molecule has 0 radical (unpaired) electrons. The summed E-state index contributed by atoms with van der Waals surface area (Å²) in [6.45, 7) is 3.56. The van der Waals surface area contributed by atoms with Crippen LogP contribution in [0.5, 0.6) is 17.2 Å². The van der Waals surface area contributed by atoms with E-state index in [2.05, 4.69) is 20.7 Å². The number of alkyl halides is 3. The van der Waals surface area contributed by atoms with Crippen LogP contribution in [-0.4, -0.2) is 12.3 Å². The van der Waals surface area contributed by atoms with Gasteiger partial charge in [-0.2, -0.15) is 5.26 Å². The number of esters is 1. The molecule has 0 fully saturated rings. The Kier molecular flexibility index (Phi) is 8.41. The lowest BCUT2D eigenvalue weighted by Crippen LogP contribution is -2.23. The van der Waals surface area contributed by atoms with Crippen molar-refractivity contribution >= 4 is 21.9 Å². The third-order valence-electron chi connectivity index (χ3n) is 4.95. The number of halogens is 4. The van der Waals surface area contributed by atoms with Gasteiger partial charge in [-0.1, -0.05) is 54.0 Å². The molecule has 0 saturated heterocycles. The van der Waals surface area contributed by atoms with Gasteiger partial charge in [-0.05, 0) is 60.0 Å². The maximum atomic E-state index is 13.0. The molecule has 2 unspecified atom stereocenters. The van der Waals surface area contributed by atoms with E-state index in [4.69, 9.17) is 9.47 Å². The quantitative estimate of drug-likeness (QED) is 0.270. The molecule has 35 heavy (non-hydrogen) atoms. The van der Waals surface area contributed by atoms with E-state index in [9.17, 15) is 23.2 Å². The monoisotopic (exact) mass is 547 g/mol. The lowest BCUT2D eigenvalue weighted by atomic mass is 9.88. The maximum absolute atomic E-state index is 13.0.